The molecule has 52 valence electrons. The Kier molecular flexibility index (Phi) is 1.10. The third-order valence-corrected chi connectivity index (χ3v) is 2.89. The van der Waals surface area contributed by atoms with E-state index >= 15 is 0 Å². The highest BCUT2D eigenvalue weighted by atomic mass is 14.9. The first-order chi connectivity index (χ1) is 4.31. The second kappa shape index (κ2) is 1.72. The highest BCUT2D eigenvalue weighted by Crippen LogP contribution is 2.50. The first kappa shape index (κ1) is 5.72. The van der Waals surface area contributed by atoms with E-state index < -0.39 is 0 Å². The molecule has 1 atom stereocenters. The van der Waals surface area contributed by atoms with Crippen LogP contribution >= 0.6 is 0 Å². The van der Waals surface area contributed by atoms with Gasteiger partial charge in [0.25, 0.3) is 0 Å². The van der Waals surface area contributed by atoms with E-state index in [0.717, 1.165) is 11.5 Å². The van der Waals surface area contributed by atoms with Crippen molar-refractivity contribution in [2.45, 2.75) is 38.6 Å². The molecule has 1 aliphatic carbocycles. The van der Waals surface area contributed by atoms with E-state index in [-0.39, 0.29) is 0 Å². The van der Waals surface area contributed by atoms with Crippen molar-refractivity contribution in [2.75, 3.05) is 6.54 Å². The van der Waals surface area contributed by atoms with Crippen molar-refractivity contribution in [2.24, 2.45) is 5.41 Å². The maximum Gasteiger partial charge on any atom is 0.00391 e. The molecule has 0 aromatic carbocycles. The van der Waals surface area contributed by atoms with Crippen LogP contribution in [0, 0.1) is 5.41 Å². The van der Waals surface area contributed by atoms with Gasteiger partial charge in [0.2, 0.25) is 0 Å². The van der Waals surface area contributed by atoms with Crippen LogP contribution in [0.25, 0.3) is 0 Å². The smallest absolute Gasteiger partial charge is 0.00391 e. The minimum Gasteiger partial charge on any atom is -0.314 e. The zero-order valence-corrected chi connectivity index (χ0v) is 6.11. The first-order valence-corrected chi connectivity index (χ1v) is 4.04. The molecule has 1 heteroatoms. The van der Waals surface area contributed by atoms with E-state index in [1.807, 2.05) is 0 Å². The molecule has 2 fully saturated rings. The Bertz CT molecular complexity index is 106. The lowest BCUT2D eigenvalue weighted by Gasteiger charge is -2.27. The predicted molar refractivity (Wildman–Crippen MR) is 38.4 cm³/mol. The molecule has 1 unspecified atom stereocenters. The van der Waals surface area contributed by atoms with Gasteiger partial charge in [-0.05, 0) is 38.0 Å². The van der Waals surface area contributed by atoms with E-state index in [4.69, 9.17) is 0 Å². The summed E-state index contributed by atoms with van der Waals surface area (Å²) in [4.78, 5) is 0. The average Bonchev–Trinajstić information content (AvgIpc) is 2.60. The molecular weight excluding hydrogens is 110 g/mol. The molecule has 1 heterocycles. The maximum atomic E-state index is 3.53. The molecule has 1 nitrogen and oxygen atoms in total. The Morgan fingerprint density at radius 2 is 2.11 bits per heavy atom. The van der Waals surface area contributed by atoms with Crippen molar-refractivity contribution in [1.82, 2.24) is 5.32 Å². The fourth-order valence-corrected chi connectivity index (χ4v) is 1.71. The molecule has 0 aromatic heterocycles. The van der Waals surface area contributed by atoms with Gasteiger partial charge >= 0.3 is 0 Å². The van der Waals surface area contributed by atoms with E-state index in [9.17, 15) is 0 Å². The van der Waals surface area contributed by atoms with Crippen LogP contribution < -0.4 is 5.32 Å². The fraction of sp³-hybridized carbons (Fsp3) is 1.00. The van der Waals surface area contributed by atoms with Crippen LogP contribution in [0.4, 0.5) is 0 Å². The van der Waals surface area contributed by atoms with Gasteiger partial charge < -0.3 is 5.32 Å². The summed E-state index contributed by atoms with van der Waals surface area (Å²) in [6.45, 7) is 3.59. The van der Waals surface area contributed by atoms with Gasteiger partial charge in [-0.25, -0.2) is 0 Å². The van der Waals surface area contributed by atoms with Crippen molar-refractivity contribution < 1.29 is 0 Å². The van der Waals surface area contributed by atoms with Crippen LogP contribution in [0.1, 0.15) is 32.6 Å². The number of hydrogen-bond acceptors (Lipinski definition) is 1. The van der Waals surface area contributed by atoms with E-state index in [2.05, 4.69) is 12.2 Å². The van der Waals surface area contributed by atoms with Crippen molar-refractivity contribution in [3.63, 3.8) is 0 Å². The molecule has 1 saturated heterocycles. The first-order valence-electron chi connectivity index (χ1n) is 4.04. The highest BCUT2D eigenvalue weighted by molar-refractivity contribution is 4.98. The molecule has 1 saturated carbocycles. The van der Waals surface area contributed by atoms with E-state index in [1.165, 1.54) is 32.2 Å². The van der Waals surface area contributed by atoms with E-state index in [1.54, 1.807) is 0 Å². The molecule has 9 heavy (non-hydrogen) atoms. The van der Waals surface area contributed by atoms with Crippen molar-refractivity contribution in [3.8, 4) is 0 Å². The van der Waals surface area contributed by atoms with Crippen LogP contribution in [-0.2, 0) is 0 Å². The lowest BCUT2D eigenvalue weighted by Crippen LogP contribution is -2.37. The van der Waals surface area contributed by atoms with Crippen LogP contribution in [0.15, 0.2) is 0 Å². The second-order valence-corrected chi connectivity index (χ2v) is 3.82. The average molecular weight is 125 g/mol. The van der Waals surface area contributed by atoms with Crippen LogP contribution in [0.3, 0.4) is 0 Å². The van der Waals surface area contributed by atoms with Crippen LogP contribution in [0.5, 0.6) is 0 Å². The summed E-state index contributed by atoms with van der Waals surface area (Å²) in [6.07, 6.45) is 5.88. The lowest BCUT2D eigenvalue weighted by atomic mass is 9.93. The number of hydrogen-bond donors (Lipinski definition) is 1. The molecule has 0 amide bonds. The molecule has 1 aliphatic heterocycles. The summed E-state index contributed by atoms with van der Waals surface area (Å²) in [5.74, 6) is 0. The van der Waals surface area contributed by atoms with Gasteiger partial charge in [0.05, 0.1) is 0 Å². The minimum atomic E-state index is 0.788. The third kappa shape index (κ3) is 0.983. The molecule has 1 N–H and O–H groups in total. The van der Waals surface area contributed by atoms with Crippen LogP contribution in [0.2, 0.25) is 0 Å². The zero-order chi connectivity index (χ0) is 6.32. The number of piperidine rings is 1. The summed E-state index contributed by atoms with van der Waals surface area (Å²) in [6, 6.07) is 0.788. The summed E-state index contributed by atoms with van der Waals surface area (Å²) < 4.78 is 0. The zero-order valence-electron chi connectivity index (χ0n) is 6.11. The topological polar surface area (TPSA) is 12.0 Å². The lowest BCUT2D eigenvalue weighted by molar-refractivity contribution is 0.305. The summed E-state index contributed by atoms with van der Waals surface area (Å²) in [5, 5.41) is 3.53. The molecule has 2 rings (SSSR count). The molecule has 1 spiro atoms. The summed E-state index contributed by atoms with van der Waals surface area (Å²) in [7, 11) is 0. The SMILES string of the molecule is CC1CCC2(CC2)CN1. The van der Waals surface area contributed by atoms with Crippen LogP contribution in [-0.4, -0.2) is 12.6 Å². The van der Waals surface area contributed by atoms with Gasteiger partial charge in [-0.2, -0.15) is 0 Å². The van der Waals surface area contributed by atoms with Gasteiger partial charge in [-0.1, -0.05) is 0 Å². The Morgan fingerprint density at radius 1 is 1.33 bits per heavy atom. The molecule has 0 radical (unpaired) electrons. The fourth-order valence-electron chi connectivity index (χ4n) is 1.71. The van der Waals surface area contributed by atoms with Crippen molar-refractivity contribution in [3.05, 3.63) is 0 Å². The Balaban J connectivity index is 1.91. The normalized spacial score (nSPS) is 39.0. The van der Waals surface area contributed by atoms with Crippen molar-refractivity contribution >= 4 is 0 Å². The molecule has 2 aliphatic rings. The van der Waals surface area contributed by atoms with Crippen molar-refractivity contribution in [1.29, 1.82) is 0 Å². The Labute approximate surface area is 56.8 Å². The highest BCUT2D eigenvalue weighted by Gasteiger charge is 2.43. The summed E-state index contributed by atoms with van der Waals surface area (Å²) in [5.41, 5.74) is 0.798. The quantitative estimate of drug-likeness (QED) is 0.518. The molecular formula is C8H15N. The number of rotatable bonds is 0. The Morgan fingerprint density at radius 3 is 2.56 bits per heavy atom. The standard InChI is InChI=1S/C8H15N/c1-7-2-3-8(4-5-8)6-9-7/h7,9H,2-6H2,1H3. The molecule has 0 aromatic rings. The number of nitrogens with one attached hydrogen (secondary N) is 1. The Hall–Kier alpha value is -0.0400. The summed E-state index contributed by atoms with van der Waals surface area (Å²) >= 11 is 0. The van der Waals surface area contributed by atoms with Gasteiger partial charge in [0.1, 0.15) is 0 Å². The predicted octanol–water partition coefficient (Wildman–Crippen LogP) is 1.54. The van der Waals surface area contributed by atoms with E-state index in [0.29, 0.717) is 0 Å². The van der Waals surface area contributed by atoms with Gasteiger partial charge in [-0.3, -0.25) is 0 Å². The molecule has 0 bridgehead atoms. The monoisotopic (exact) mass is 125 g/mol. The minimum absolute atomic E-state index is 0.788. The maximum absolute atomic E-state index is 3.53. The third-order valence-electron chi connectivity index (χ3n) is 2.89. The largest absolute Gasteiger partial charge is 0.314 e. The van der Waals surface area contributed by atoms with Gasteiger partial charge in [0.15, 0.2) is 0 Å². The second-order valence-electron chi connectivity index (χ2n) is 3.82. The van der Waals surface area contributed by atoms with Gasteiger partial charge in [0, 0.05) is 12.6 Å². The van der Waals surface area contributed by atoms with Gasteiger partial charge in [-0.15, -0.1) is 0 Å².